The van der Waals surface area contributed by atoms with Gasteiger partial charge < -0.3 is 14.7 Å². The van der Waals surface area contributed by atoms with Gasteiger partial charge in [0.25, 0.3) is 0 Å². The predicted molar refractivity (Wildman–Crippen MR) is 82.5 cm³/mol. The van der Waals surface area contributed by atoms with Crippen molar-refractivity contribution in [2.45, 2.75) is 39.6 Å². The van der Waals surface area contributed by atoms with E-state index in [4.69, 9.17) is 4.74 Å². The highest BCUT2D eigenvalue weighted by Crippen LogP contribution is 2.36. The molecule has 0 spiro atoms. The highest BCUT2D eigenvalue weighted by atomic mass is 32.1. The Morgan fingerprint density at radius 3 is 2.71 bits per heavy atom. The molecular weight excluding hydrogens is 291 g/mol. The molecule has 3 rings (SSSR count). The number of morpholine rings is 1. The molecule has 0 radical (unpaired) electrons. The van der Waals surface area contributed by atoms with Crippen LogP contribution in [0.4, 0.5) is 10.1 Å². The molecule has 1 aromatic heterocycles. The van der Waals surface area contributed by atoms with Crippen LogP contribution in [0.15, 0.2) is 6.07 Å². The van der Waals surface area contributed by atoms with Gasteiger partial charge in [0.05, 0.1) is 34.9 Å². The molecule has 21 heavy (non-hydrogen) atoms. The normalized spacial score (nSPS) is 23.0. The standard InChI is InChI=1S/C15H19FN2O2S/c1-8-5-18(6-9(2)20-8)14-11(7-19)4-12-10(3)17-21-15(12)13(14)16/h4,8-9,19H,5-7H2,1-3H3. The molecule has 1 N–H and O–H groups in total. The number of aliphatic hydroxyl groups is 1. The highest BCUT2D eigenvalue weighted by molar-refractivity contribution is 7.13. The van der Waals surface area contributed by atoms with E-state index in [-0.39, 0.29) is 24.6 Å². The molecule has 2 aromatic rings. The smallest absolute Gasteiger partial charge is 0.166 e. The summed E-state index contributed by atoms with van der Waals surface area (Å²) in [6.45, 7) is 6.88. The van der Waals surface area contributed by atoms with Crippen LogP contribution in [0.5, 0.6) is 0 Å². The van der Waals surface area contributed by atoms with E-state index in [0.717, 1.165) is 11.1 Å². The second-order valence-corrected chi connectivity index (χ2v) is 6.44. The van der Waals surface area contributed by atoms with Crippen molar-refractivity contribution in [3.63, 3.8) is 0 Å². The summed E-state index contributed by atoms with van der Waals surface area (Å²) in [6, 6.07) is 1.86. The highest BCUT2D eigenvalue weighted by Gasteiger charge is 2.28. The van der Waals surface area contributed by atoms with Crippen LogP contribution >= 0.6 is 11.5 Å². The van der Waals surface area contributed by atoms with Crippen molar-refractivity contribution in [1.82, 2.24) is 4.37 Å². The van der Waals surface area contributed by atoms with E-state index in [1.54, 1.807) is 0 Å². The first-order valence-corrected chi connectivity index (χ1v) is 7.87. The van der Waals surface area contributed by atoms with Crippen LogP contribution in [0.2, 0.25) is 0 Å². The quantitative estimate of drug-likeness (QED) is 0.926. The molecule has 0 amide bonds. The summed E-state index contributed by atoms with van der Waals surface area (Å²) in [4.78, 5) is 1.98. The molecule has 0 aliphatic carbocycles. The maximum absolute atomic E-state index is 14.9. The number of hydrogen-bond donors (Lipinski definition) is 1. The Morgan fingerprint density at radius 2 is 2.10 bits per heavy atom. The van der Waals surface area contributed by atoms with Crippen molar-refractivity contribution in [2.24, 2.45) is 0 Å². The molecule has 1 saturated heterocycles. The third-order valence-electron chi connectivity index (χ3n) is 3.84. The average molecular weight is 310 g/mol. The van der Waals surface area contributed by atoms with Crippen molar-refractivity contribution < 1.29 is 14.2 Å². The topological polar surface area (TPSA) is 45.6 Å². The molecule has 0 saturated carbocycles. The van der Waals surface area contributed by atoms with Crippen molar-refractivity contribution in [3.8, 4) is 0 Å². The first kappa shape index (κ1) is 14.7. The Morgan fingerprint density at radius 1 is 1.43 bits per heavy atom. The van der Waals surface area contributed by atoms with E-state index >= 15 is 0 Å². The fourth-order valence-electron chi connectivity index (χ4n) is 3.02. The van der Waals surface area contributed by atoms with Crippen molar-refractivity contribution in [3.05, 3.63) is 23.1 Å². The van der Waals surface area contributed by atoms with E-state index in [2.05, 4.69) is 4.37 Å². The van der Waals surface area contributed by atoms with Crippen LogP contribution in [0.3, 0.4) is 0 Å². The second kappa shape index (κ2) is 5.51. The largest absolute Gasteiger partial charge is 0.392 e. The van der Waals surface area contributed by atoms with Gasteiger partial charge >= 0.3 is 0 Å². The third kappa shape index (κ3) is 2.52. The SMILES string of the molecule is Cc1nsc2c(F)c(N3CC(C)OC(C)C3)c(CO)cc12. The van der Waals surface area contributed by atoms with Gasteiger partial charge in [-0.2, -0.15) is 4.37 Å². The fraction of sp³-hybridized carbons (Fsp3) is 0.533. The molecule has 4 nitrogen and oxygen atoms in total. The molecule has 2 unspecified atom stereocenters. The number of aryl methyl sites for hydroxylation is 1. The first-order chi connectivity index (χ1) is 10.0. The molecule has 2 heterocycles. The van der Waals surface area contributed by atoms with Crippen LogP contribution in [0, 0.1) is 12.7 Å². The second-order valence-electron chi connectivity index (χ2n) is 5.66. The van der Waals surface area contributed by atoms with Crippen LogP contribution in [0.1, 0.15) is 25.1 Å². The number of aromatic nitrogens is 1. The van der Waals surface area contributed by atoms with Gasteiger partial charge in [-0.05, 0) is 38.4 Å². The number of nitrogens with zero attached hydrogens (tertiary/aromatic N) is 2. The molecule has 2 atom stereocenters. The van der Waals surface area contributed by atoms with E-state index in [1.807, 2.05) is 31.7 Å². The van der Waals surface area contributed by atoms with Gasteiger partial charge in [-0.15, -0.1) is 0 Å². The summed E-state index contributed by atoms with van der Waals surface area (Å²) < 4.78 is 25.4. The summed E-state index contributed by atoms with van der Waals surface area (Å²) in [7, 11) is 0. The summed E-state index contributed by atoms with van der Waals surface area (Å²) in [6.07, 6.45) is 0.0807. The number of benzene rings is 1. The van der Waals surface area contributed by atoms with Crippen molar-refractivity contribution >= 4 is 27.3 Å². The lowest BCUT2D eigenvalue weighted by atomic mass is 10.1. The number of rotatable bonds is 2. The number of anilines is 1. The molecule has 1 aliphatic rings. The van der Waals surface area contributed by atoms with Crippen molar-refractivity contribution in [2.75, 3.05) is 18.0 Å². The average Bonchev–Trinajstić information content (AvgIpc) is 2.79. The monoisotopic (exact) mass is 310 g/mol. The minimum atomic E-state index is -0.275. The van der Waals surface area contributed by atoms with Gasteiger partial charge in [0, 0.05) is 24.0 Å². The van der Waals surface area contributed by atoms with Crippen molar-refractivity contribution in [1.29, 1.82) is 0 Å². The van der Waals surface area contributed by atoms with E-state index in [1.165, 1.54) is 11.5 Å². The lowest BCUT2D eigenvalue weighted by Crippen LogP contribution is -2.46. The zero-order valence-corrected chi connectivity index (χ0v) is 13.2. The number of aliphatic hydroxyl groups excluding tert-OH is 1. The van der Waals surface area contributed by atoms with Gasteiger partial charge in [0.15, 0.2) is 5.82 Å². The Balaban J connectivity index is 2.14. The molecule has 1 aliphatic heterocycles. The molecule has 1 aromatic carbocycles. The minimum Gasteiger partial charge on any atom is -0.392 e. The zero-order chi connectivity index (χ0) is 15.1. The Labute approximate surface area is 127 Å². The predicted octanol–water partition coefficient (Wildman–Crippen LogP) is 2.85. The summed E-state index contributed by atoms with van der Waals surface area (Å²) in [5.74, 6) is -0.275. The van der Waals surface area contributed by atoms with Gasteiger partial charge in [-0.25, -0.2) is 4.39 Å². The molecular formula is C15H19FN2O2S. The van der Waals surface area contributed by atoms with Gasteiger partial charge in [-0.1, -0.05) is 0 Å². The van der Waals surface area contributed by atoms with Crippen LogP contribution in [-0.4, -0.2) is 34.8 Å². The number of ether oxygens (including phenoxy) is 1. The molecule has 1 fully saturated rings. The minimum absolute atomic E-state index is 0.0404. The van der Waals surface area contributed by atoms with E-state index < -0.39 is 0 Å². The number of halogens is 1. The maximum atomic E-state index is 14.9. The summed E-state index contributed by atoms with van der Waals surface area (Å²) in [5, 5.41) is 10.4. The van der Waals surface area contributed by atoms with Crippen LogP contribution in [-0.2, 0) is 11.3 Å². The van der Waals surface area contributed by atoms with E-state index in [9.17, 15) is 9.50 Å². The first-order valence-electron chi connectivity index (χ1n) is 7.10. The molecule has 114 valence electrons. The van der Waals surface area contributed by atoms with Gasteiger partial charge in [0.2, 0.25) is 0 Å². The number of hydrogen-bond acceptors (Lipinski definition) is 5. The van der Waals surface area contributed by atoms with Crippen LogP contribution < -0.4 is 4.90 Å². The maximum Gasteiger partial charge on any atom is 0.166 e. The molecule has 6 heteroatoms. The Kier molecular flexibility index (Phi) is 3.86. The third-order valence-corrected chi connectivity index (χ3v) is 4.79. The summed E-state index contributed by atoms with van der Waals surface area (Å²) >= 11 is 1.17. The lowest BCUT2D eigenvalue weighted by Gasteiger charge is -2.37. The zero-order valence-electron chi connectivity index (χ0n) is 12.4. The lowest BCUT2D eigenvalue weighted by molar-refractivity contribution is -0.00548. The Bertz CT molecular complexity index is 663. The number of fused-ring (bicyclic) bond motifs is 1. The fourth-order valence-corrected chi connectivity index (χ4v) is 3.83. The Hall–Kier alpha value is -1.24. The summed E-state index contributed by atoms with van der Waals surface area (Å²) in [5.41, 5.74) is 1.92. The van der Waals surface area contributed by atoms with Gasteiger partial charge in [0.1, 0.15) is 0 Å². The molecule has 0 bridgehead atoms. The van der Waals surface area contributed by atoms with Crippen LogP contribution in [0.25, 0.3) is 10.1 Å². The van der Waals surface area contributed by atoms with Gasteiger partial charge in [-0.3, -0.25) is 0 Å². The van der Waals surface area contributed by atoms with E-state index in [0.29, 0.717) is 29.0 Å².